The van der Waals surface area contributed by atoms with Gasteiger partial charge in [0.15, 0.2) is 5.78 Å². The smallest absolute Gasteiger partial charge is 0.246 e. The molecule has 2 saturated heterocycles. The normalized spacial score (nSPS) is 20.5. The van der Waals surface area contributed by atoms with Crippen molar-refractivity contribution in [2.24, 2.45) is 0 Å². The average molecular weight is 446 g/mol. The number of piperazine rings is 1. The number of nitrogens with zero attached hydrogens (tertiary/aromatic N) is 3. The van der Waals surface area contributed by atoms with Gasteiger partial charge in [0, 0.05) is 58.0 Å². The Bertz CT molecular complexity index is 833. The van der Waals surface area contributed by atoms with Crippen molar-refractivity contribution in [1.82, 2.24) is 14.7 Å². The number of allylic oxidation sites excluding steroid dienone is 1. The first kappa shape index (κ1) is 24.2. The van der Waals surface area contributed by atoms with Gasteiger partial charge in [0.25, 0.3) is 0 Å². The van der Waals surface area contributed by atoms with Crippen LogP contribution in [0.2, 0.25) is 0 Å². The minimum Gasteiger partial charge on any atom is -0.496 e. The standard InChI is InChI=1S/C24H35N3O5/c1-5-31-22-15-23(30-4)20(14-18(22)2)21(28)6-7-24(29)27-12-13-32-19(17-27)16-26-10-8-25(3)9-11-26/h6-7,14-15,19H,5,8-13,16-17H2,1-4H3. The second-order valence-corrected chi connectivity index (χ2v) is 8.33. The number of benzene rings is 1. The van der Waals surface area contributed by atoms with Crippen molar-refractivity contribution in [3.05, 3.63) is 35.4 Å². The summed E-state index contributed by atoms with van der Waals surface area (Å²) >= 11 is 0. The number of hydrogen-bond acceptors (Lipinski definition) is 7. The number of aryl methyl sites for hydroxylation is 1. The van der Waals surface area contributed by atoms with Gasteiger partial charge in [-0.3, -0.25) is 14.5 Å². The molecular formula is C24H35N3O5. The number of amides is 1. The lowest BCUT2D eigenvalue weighted by molar-refractivity contribution is -0.134. The van der Waals surface area contributed by atoms with Crippen LogP contribution in [-0.4, -0.2) is 106 Å². The molecule has 1 atom stereocenters. The maximum Gasteiger partial charge on any atom is 0.246 e. The number of carbonyl (C=O) groups is 2. The molecule has 2 aliphatic rings. The van der Waals surface area contributed by atoms with Gasteiger partial charge in [-0.2, -0.15) is 0 Å². The van der Waals surface area contributed by atoms with Gasteiger partial charge in [0.2, 0.25) is 5.91 Å². The molecule has 2 aliphatic heterocycles. The van der Waals surface area contributed by atoms with E-state index in [-0.39, 0.29) is 17.8 Å². The van der Waals surface area contributed by atoms with Gasteiger partial charge in [0.05, 0.1) is 32.0 Å². The molecule has 0 spiro atoms. The summed E-state index contributed by atoms with van der Waals surface area (Å²) in [7, 11) is 3.65. The molecule has 0 aromatic heterocycles. The molecule has 0 aliphatic carbocycles. The fourth-order valence-corrected chi connectivity index (χ4v) is 4.03. The highest BCUT2D eigenvalue weighted by molar-refractivity contribution is 6.09. The van der Waals surface area contributed by atoms with E-state index < -0.39 is 0 Å². The lowest BCUT2D eigenvalue weighted by Crippen LogP contribution is -2.52. The fourth-order valence-electron chi connectivity index (χ4n) is 4.03. The Balaban J connectivity index is 1.59. The Morgan fingerprint density at radius 3 is 2.56 bits per heavy atom. The number of hydrogen-bond donors (Lipinski definition) is 0. The van der Waals surface area contributed by atoms with Crippen LogP contribution < -0.4 is 9.47 Å². The molecule has 0 saturated carbocycles. The maximum atomic E-state index is 12.8. The molecule has 1 aromatic rings. The van der Waals surface area contributed by atoms with E-state index in [2.05, 4.69) is 16.8 Å². The molecule has 3 rings (SSSR count). The summed E-state index contributed by atoms with van der Waals surface area (Å²) in [6.07, 6.45) is 2.67. The van der Waals surface area contributed by atoms with Crippen LogP contribution in [-0.2, 0) is 9.53 Å². The second kappa shape index (κ2) is 11.4. The highest BCUT2D eigenvalue weighted by Gasteiger charge is 2.26. The third kappa shape index (κ3) is 6.31. The summed E-state index contributed by atoms with van der Waals surface area (Å²) in [6, 6.07) is 3.45. The van der Waals surface area contributed by atoms with Crippen molar-refractivity contribution < 1.29 is 23.8 Å². The summed E-state index contributed by atoms with van der Waals surface area (Å²) in [5.41, 5.74) is 1.25. The summed E-state index contributed by atoms with van der Waals surface area (Å²) in [4.78, 5) is 32.0. The maximum absolute atomic E-state index is 12.8. The van der Waals surface area contributed by atoms with Crippen LogP contribution in [0.25, 0.3) is 0 Å². The summed E-state index contributed by atoms with van der Waals surface area (Å²) < 4.78 is 16.8. The predicted molar refractivity (Wildman–Crippen MR) is 123 cm³/mol. The molecule has 0 radical (unpaired) electrons. The van der Waals surface area contributed by atoms with E-state index >= 15 is 0 Å². The van der Waals surface area contributed by atoms with E-state index in [1.54, 1.807) is 17.0 Å². The molecule has 0 N–H and O–H groups in total. The zero-order valence-corrected chi connectivity index (χ0v) is 19.6. The third-order valence-electron chi connectivity index (χ3n) is 5.95. The quantitative estimate of drug-likeness (QED) is 0.445. The van der Waals surface area contributed by atoms with Crippen LogP contribution in [0.5, 0.6) is 11.5 Å². The number of morpholine rings is 1. The Hall–Kier alpha value is -2.42. The van der Waals surface area contributed by atoms with Gasteiger partial charge in [-0.15, -0.1) is 0 Å². The molecule has 1 aromatic carbocycles. The minimum atomic E-state index is -0.274. The lowest BCUT2D eigenvalue weighted by atomic mass is 10.0. The Morgan fingerprint density at radius 1 is 1.12 bits per heavy atom. The first-order valence-corrected chi connectivity index (χ1v) is 11.3. The number of ether oxygens (including phenoxy) is 3. The van der Waals surface area contributed by atoms with E-state index in [0.717, 1.165) is 38.3 Å². The van der Waals surface area contributed by atoms with Crippen LogP contribution in [0.1, 0.15) is 22.8 Å². The highest BCUT2D eigenvalue weighted by atomic mass is 16.5. The average Bonchev–Trinajstić information content (AvgIpc) is 2.80. The number of carbonyl (C=O) groups excluding carboxylic acids is 2. The Labute approximate surface area is 190 Å². The molecule has 1 unspecified atom stereocenters. The van der Waals surface area contributed by atoms with E-state index in [9.17, 15) is 9.59 Å². The van der Waals surface area contributed by atoms with E-state index in [4.69, 9.17) is 14.2 Å². The van der Waals surface area contributed by atoms with Crippen molar-refractivity contribution >= 4 is 11.7 Å². The van der Waals surface area contributed by atoms with Crippen molar-refractivity contribution in [2.75, 3.05) is 73.2 Å². The molecule has 2 heterocycles. The molecule has 8 nitrogen and oxygen atoms in total. The fraction of sp³-hybridized carbons (Fsp3) is 0.583. The predicted octanol–water partition coefficient (Wildman–Crippen LogP) is 1.62. The molecule has 8 heteroatoms. The number of rotatable bonds is 8. The summed E-state index contributed by atoms with van der Waals surface area (Å²) in [5, 5.41) is 0. The Morgan fingerprint density at radius 2 is 1.88 bits per heavy atom. The van der Waals surface area contributed by atoms with Crippen LogP contribution in [0.4, 0.5) is 0 Å². The second-order valence-electron chi connectivity index (χ2n) is 8.33. The van der Waals surface area contributed by atoms with Crippen molar-refractivity contribution in [3.63, 3.8) is 0 Å². The zero-order valence-electron chi connectivity index (χ0n) is 19.6. The van der Waals surface area contributed by atoms with Crippen molar-refractivity contribution in [1.29, 1.82) is 0 Å². The lowest BCUT2D eigenvalue weighted by Gasteiger charge is -2.38. The highest BCUT2D eigenvalue weighted by Crippen LogP contribution is 2.29. The Kier molecular flexibility index (Phi) is 8.67. The molecule has 32 heavy (non-hydrogen) atoms. The van der Waals surface area contributed by atoms with Gasteiger partial charge in [-0.1, -0.05) is 0 Å². The molecule has 1 amide bonds. The van der Waals surface area contributed by atoms with Gasteiger partial charge < -0.3 is 24.0 Å². The molecule has 0 bridgehead atoms. The monoisotopic (exact) mass is 445 g/mol. The van der Waals surface area contributed by atoms with Gasteiger partial charge in [-0.25, -0.2) is 0 Å². The topological polar surface area (TPSA) is 71.5 Å². The zero-order chi connectivity index (χ0) is 23.1. The first-order chi connectivity index (χ1) is 15.4. The van der Waals surface area contributed by atoms with E-state index in [1.807, 2.05) is 13.8 Å². The van der Waals surface area contributed by atoms with Crippen molar-refractivity contribution in [2.45, 2.75) is 20.0 Å². The molecule has 2 fully saturated rings. The van der Waals surface area contributed by atoms with Gasteiger partial charge in [-0.05, 0) is 38.6 Å². The summed E-state index contributed by atoms with van der Waals surface area (Å²) in [5.74, 6) is 0.663. The first-order valence-electron chi connectivity index (χ1n) is 11.3. The van der Waals surface area contributed by atoms with Crippen molar-refractivity contribution in [3.8, 4) is 11.5 Å². The number of methoxy groups -OCH3 is 1. The largest absolute Gasteiger partial charge is 0.496 e. The van der Waals surface area contributed by atoms with Crippen LogP contribution in [0.15, 0.2) is 24.3 Å². The number of ketones is 1. The SMILES string of the molecule is CCOc1cc(OC)c(C(=O)C=CC(=O)N2CCOC(CN3CCN(C)CC3)C2)cc1C. The molecule has 176 valence electrons. The van der Waals surface area contributed by atoms with Gasteiger partial charge in [0.1, 0.15) is 11.5 Å². The third-order valence-corrected chi connectivity index (χ3v) is 5.95. The summed E-state index contributed by atoms with van der Waals surface area (Å²) in [6.45, 7) is 10.8. The molecular weight excluding hydrogens is 410 g/mol. The van der Waals surface area contributed by atoms with E-state index in [0.29, 0.717) is 43.4 Å². The van der Waals surface area contributed by atoms with Crippen LogP contribution >= 0.6 is 0 Å². The van der Waals surface area contributed by atoms with Crippen LogP contribution in [0, 0.1) is 6.92 Å². The van der Waals surface area contributed by atoms with Gasteiger partial charge >= 0.3 is 0 Å². The van der Waals surface area contributed by atoms with E-state index in [1.165, 1.54) is 19.3 Å². The van der Waals surface area contributed by atoms with Crippen LogP contribution in [0.3, 0.4) is 0 Å². The minimum absolute atomic E-state index is 0.00550. The number of likely N-dealkylation sites (N-methyl/N-ethyl adjacent to an activating group) is 1.